The second-order valence-electron chi connectivity index (χ2n) is 9.31. The summed E-state index contributed by atoms with van der Waals surface area (Å²) in [5.74, 6) is -4.01. The van der Waals surface area contributed by atoms with Gasteiger partial charge in [-0.2, -0.15) is 0 Å². The first kappa shape index (κ1) is 28.3. The molecule has 202 valence electrons. The lowest BCUT2D eigenvalue weighted by Gasteiger charge is -2.28. The molecular formula is C27H33N5O6. The zero-order chi connectivity index (χ0) is 27.7. The minimum atomic E-state index is -1.38. The van der Waals surface area contributed by atoms with E-state index >= 15 is 0 Å². The van der Waals surface area contributed by atoms with Gasteiger partial charge in [-0.1, -0.05) is 60.7 Å². The van der Waals surface area contributed by atoms with Crippen LogP contribution in [0.3, 0.4) is 0 Å². The zero-order valence-electron chi connectivity index (χ0n) is 20.9. The normalized spacial score (nSPS) is 17.2. The number of nitrogens with two attached hydrogens (primary N) is 2. The van der Waals surface area contributed by atoms with Crippen molar-refractivity contribution in [2.24, 2.45) is 11.5 Å². The minimum Gasteiger partial charge on any atom is -0.480 e. The topological polar surface area (TPSA) is 185 Å². The Hall–Kier alpha value is -4.25. The number of carbonyl (C=O) groups excluding carboxylic acids is 4. The molecular weight excluding hydrogens is 490 g/mol. The van der Waals surface area contributed by atoms with Crippen LogP contribution in [0.5, 0.6) is 0 Å². The van der Waals surface area contributed by atoms with Gasteiger partial charge >= 0.3 is 5.97 Å². The van der Waals surface area contributed by atoms with Crippen molar-refractivity contribution in [3.05, 3.63) is 71.8 Å². The molecule has 7 N–H and O–H groups in total. The summed E-state index contributed by atoms with van der Waals surface area (Å²) >= 11 is 0. The SMILES string of the molecule is NC(=O)CC(NC(=O)C(Cc1ccccc1)NC(=O)C(N)Cc1ccccc1)C(=O)N1CCCC1C(=O)O. The molecule has 4 atom stereocenters. The van der Waals surface area contributed by atoms with Crippen molar-refractivity contribution in [2.45, 2.75) is 56.3 Å². The molecule has 0 spiro atoms. The lowest BCUT2D eigenvalue weighted by Crippen LogP contribution is -2.58. The molecule has 1 aliphatic rings. The van der Waals surface area contributed by atoms with Gasteiger partial charge in [-0.15, -0.1) is 0 Å². The van der Waals surface area contributed by atoms with Gasteiger partial charge in [-0.3, -0.25) is 19.2 Å². The molecule has 2 aromatic carbocycles. The third-order valence-electron chi connectivity index (χ3n) is 6.39. The van der Waals surface area contributed by atoms with Crippen molar-refractivity contribution in [2.75, 3.05) is 6.54 Å². The Labute approximate surface area is 220 Å². The summed E-state index contributed by atoms with van der Waals surface area (Å²) in [5.41, 5.74) is 13.0. The number of rotatable bonds is 12. The van der Waals surface area contributed by atoms with Crippen LogP contribution in [0, 0.1) is 0 Å². The van der Waals surface area contributed by atoms with Crippen LogP contribution >= 0.6 is 0 Å². The number of carboxylic acid groups (broad SMARTS) is 1. The van der Waals surface area contributed by atoms with E-state index in [1.54, 1.807) is 24.3 Å². The quantitative estimate of drug-likeness (QED) is 0.253. The summed E-state index contributed by atoms with van der Waals surface area (Å²) in [6.07, 6.45) is 0.569. The highest BCUT2D eigenvalue weighted by Gasteiger charge is 2.39. The fraction of sp³-hybridized carbons (Fsp3) is 0.370. The van der Waals surface area contributed by atoms with Crippen LogP contribution in [-0.4, -0.2) is 70.3 Å². The van der Waals surface area contributed by atoms with E-state index < -0.39 is 60.2 Å². The highest BCUT2D eigenvalue weighted by atomic mass is 16.4. The third-order valence-corrected chi connectivity index (χ3v) is 6.39. The first-order valence-electron chi connectivity index (χ1n) is 12.4. The molecule has 4 unspecified atom stereocenters. The average molecular weight is 524 g/mol. The smallest absolute Gasteiger partial charge is 0.326 e. The lowest BCUT2D eigenvalue weighted by atomic mass is 10.0. The molecule has 0 saturated carbocycles. The van der Waals surface area contributed by atoms with Gasteiger partial charge in [0.05, 0.1) is 12.5 Å². The lowest BCUT2D eigenvalue weighted by molar-refractivity contribution is -0.149. The van der Waals surface area contributed by atoms with Crippen LogP contribution in [0.1, 0.15) is 30.4 Å². The van der Waals surface area contributed by atoms with Gasteiger partial charge in [0.1, 0.15) is 18.1 Å². The van der Waals surface area contributed by atoms with E-state index in [1.165, 1.54) is 0 Å². The van der Waals surface area contributed by atoms with Gasteiger partial charge in [-0.05, 0) is 30.4 Å². The third kappa shape index (κ3) is 7.87. The van der Waals surface area contributed by atoms with Gasteiger partial charge in [0.25, 0.3) is 0 Å². The summed E-state index contributed by atoms with van der Waals surface area (Å²) in [6.45, 7) is 0.180. The second-order valence-corrected chi connectivity index (χ2v) is 9.31. The number of amides is 4. The fourth-order valence-electron chi connectivity index (χ4n) is 4.46. The molecule has 3 rings (SSSR count). The standard InChI is InChI=1S/C27H33N5O6/c28-19(14-17-8-3-1-4-9-17)24(34)30-20(15-18-10-5-2-6-11-18)25(35)31-21(16-23(29)33)26(36)32-13-7-12-22(32)27(37)38/h1-6,8-11,19-22H,7,12-16,28H2,(H2,29,33)(H,30,34)(H,31,35)(H,37,38). The second kappa shape index (κ2) is 13.3. The van der Waals surface area contributed by atoms with Crippen molar-refractivity contribution < 1.29 is 29.1 Å². The molecule has 0 radical (unpaired) electrons. The summed E-state index contributed by atoms with van der Waals surface area (Å²) in [6, 6.07) is 13.6. The first-order chi connectivity index (χ1) is 18.2. The monoisotopic (exact) mass is 523 g/mol. The van der Waals surface area contributed by atoms with E-state index in [-0.39, 0.29) is 25.8 Å². The van der Waals surface area contributed by atoms with E-state index in [0.29, 0.717) is 6.42 Å². The number of benzene rings is 2. The molecule has 0 aliphatic carbocycles. The van der Waals surface area contributed by atoms with Gasteiger partial charge in [-0.25, -0.2) is 4.79 Å². The number of hydrogen-bond acceptors (Lipinski definition) is 6. The van der Waals surface area contributed by atoms with Crippen molar-refractivity contribution in [1.29, 1.82) is 0 Å². The van der Waals surface area contributed by atoms with Gasteiger partial charge in [0, 0.05) is 13.0 Å². The number of carboxylic acids is 1. The molecule has 1 heterocycles. The van der Waals surface area contributed by atoms with E-state index in [4.69, 9.17) is 11.5 Å². The largest absolute Gasteiger partial charge is 0.480 e. The highest BCUT2D eigenvalue weighted by molar-refractivity contribution is 5.96. The Morgan fingerprint density at radius 3 is 1.97 bits per heavy atom. The Kier molecular flexibility index (Phi) is 9.94. The zero-order valence-corrected chi connectivity index (χ0v) is 20.9. The first-order valence-corrected chi connectivity index (χ1v) is 12.4. The number of nitrogens with zero attached hydrogens (tertiary/aromatic N) is 1. The molecule has 11 nitrogen and oxygen atoms in total. The predicted molar refractivity (Wildman–Crippen MR) is 138 cm³/mol. The molecule has 11 heteroatoms. The molecule has 1 saturated heterocycles. The summed E-state index contributed by atoms with van der Waals surface area (Å²) < 4.78 is 0. The number of carbonyl (C=O) groups is 5. The predicted octanol–water partition coefficient (Wildman–Crippen LogP) is -0.280. The number of primary amides is 1. The minimum absolute atomic E-state index is 0.0927. The number of likely N-dealkylation sites (tertiary alicyclic amines) is 1. The maximum absolute atomic E-state index is 13.4. The van der Waals surface area contributed by atoms with Crippen LogP contribution in [0.25, 0.3) is 0 Å². The summed E-state index contributed by atoms with van der Waals surface area (Å²) in [7, 11) is 0. The van der Waals surface area contributed by atoms with Gasteiger partial charge < -0.3 is 32.1 Å². The van der Waals surface area contributed by atoms with E-state index in [0.717, 1.165) is 16.0 Å². The Morgan fingerprint density at radius 2 is 1.42 bits per heavy atom. The van der Waals surface area contributed by atoms with Crippen LogP contribution in [-0.2, 0) is 36.8 Å². The maximum atomic E-state index is 13.4. The van der Waals surface area contributed by atoms with E-state index in [1.807, 2.05) is 36.4 Å². The van der Waals surface area contributed by atoms with Crippen molar-refractivity contribution in [1.82, 2.24) is 15.5 Å². The van der Waals surface area contributed by atoms with Gasteiger partial charge in [0.2, 0.25) is 23.6 Å². The average Bonchev–Trinajstić information content (AvgIpc) is 3.39. The number of hydrogen-bond donors (Lipinski definition) is 5. The summed E-state index contributed by atoms with van der Waals surface area (Å²) in [4.78, 5) is 63.9. The molecule has 38 heavy (non-hydrogen) atoms. The van der Waals surface area contributed by atoms with Crippen LogP contribution in [0.4, 0.5) is 0 Å². The highest BCUT2D eigenvalue weighted by Crippen LogP contribution is 2.19. The molecule has 1 fully saturated rings. The van der Waals surface area contributed by atoms with Crippen LogP contribution < -0.4 is 22.1 Å². The number of aliphatic carboxylic acids is 1. The molecule has 0 aromatic heterocycles. The fourth-order valence-corrected chi connectivity index (χ4v) is 4.46. The Morgan fingerprint density at radius 1 is 0.868 bits per heavy atom. The molecule has 4 amide bonds. The van der Waals surface area contributed by atoms with Gasteiger partial charge in [0.15, 0.2) is 0 Å². The molecule has 1 aliphatic heterocycles. The van der Waals surface area contributed by atoms with Crippen molar-refractivity contribution in [3.63, 3.8) is 0 Å². The van der Waals surface area contributed by atoms with Crippen molar-refractivity contribution >= 4 is 29.6 Å². The molecule has 0 bridgehead atoms. The molecule has 2 aromatic rings. The van der Waals surface area contributed by atoms with E-state index in [2.05, 4.69) is 10.6 Å². The Balaban J connectivity index is 1.77. The van der Waals surface area contributed by atoms with Crippen molar-refractivity contribution in [3.8, 4) is 0 Å². The van der Waals surface area contributed by atoms with Crippen LogP contribution in [0.2, 0.25) is 0 Å². The maximum Gasteiger partial charge on any atom is 0.326 e. The van der Waals surface area contributed by atoms with E-state index in [9.17, 15) is 29.1 Å². The summed E-state index contributed by atoms with van der Waals surface area (Å²) in [5, 5.41) is 14.6. The van der Waals surface area contributed by atoms with Crippen LogP contribution in [0.15, 0.2) is 60.7 Å². The number of nitrogens with one attached hydrogen (secondary N) is 2. The Bertz CT molecular complexity index is 1140.